The average molecular weight is 442 g/mol. The highest BCUT2D eigenvalue weighted by Gasteiger charge is 2.44. The SMILES string of the molecule is CC[Si](CC)(CC)OC(CCCC1CCC2(CC1)CC2)c1c(Cl)cccc1Cl. The normalized spacial score (nSPS) is 20.5. The molecule has 1 nitrogen and oxygen atoms in total. The second-order valence-electron chi connectivity index (χ2n) is 9.36. The molecule has 4 heteroatoms. The van der Waals surface area contributed by atoms with Crippen molar-refractivity contribution >= 4 is 31.5 Å². The van der Waals surface area contributed by atoms with Gasteiger partial charge in [-0.25, -0.2) is 0 Å². The molecule has 0 amide bonds. The average Bonchev–Trinajstić information content (AvgIpc) is 3.46. The van der Waals surface area contributed by atoms with E-state index in [1.807, 2.05) is 18.2 Å². The second-order valence-corrected chi connectivity index (χ2v) is 14.9. The quantitative estimate of drug-likeness (QED) is 0.329. The molecule has 28 heavy (non-hydrogen) atoms. The summed E-state index contributed by atoms with van der Waals surface area (Å²) in [6.07, 6.45) is 12.5. The van der Waals surface area contributed by atoms with Gasteiger partial charge in [-0.05, 0) is 86.5 Å². The molecule has 1 unspecified atom stereocenters. The minimum Gasteiger partial charge on any atom is -0.410 e. The minimum absolute atomic E-state index is 0.0473. The van der Waals surface area contributed by atoms with Gasteiger partial charge in [0.05, 0.1) is 6.10 Å². The van der Waals surface area contributed by atoms with Crippen LogP contribution in [0, 0.1) is 11.3 Å². The van der Waals surface area contributed by atoms with E-state index in [9.17, 15) is 0 Å². The zero-order valence-corrected chi connectivity index (χ0v) is 20.5. The maximum absolute atomic E-state index is 6.94. The van der Waals surface area contributed by atoms with Crippen LogP contribution in [0.1, 0.15) is 90.2 Å². The van der Waals surface area contributed by atoms with Crippen molar-refractivity contribution in [3.63, 3.8) is 0 Å². The number of rotatable bonds is 10. The van der Waals surface area contributed by atoms with Crippen molar-refractivity contribution < 1.29 is 4.43 Å². The van der Waals surface area contributed by atoms with Crippen molar-refractivity contribution in [2.45, 2.75) is 103 Å². The van der Waals surface area contributed by atoms with Crippen molar-refractivity contribution in [2.24, 2.45) is 11.3 Å². The fourth-order valence-electron chi connectivity index (χ4n) is 5.23. The maximum Gasteiger partial charge on any atom is 0.192 e. The van der Waals surface area contributed by atoms with Gasteiger partial charge in [0.2, 0.25) is 0 Å². The second kappa shape index (κ2) is 9.86. The van der Waals surface area contributed by atoms with Crippen molar-refractivity contribution in [2.75, 3.05) is 0 Å². The minimum atomic E-state index is -1.73. The Morgan fingerprint density at radius 1 is 1.00 bits per heavy atom. The summed E-state index contributed by atoms with van der Waals surface area (Å²) in [7, 11) is -1.73. The van der Waals surface area contributed by atoms with Gasteiger partial charge >= 0.3 is 0 Å². The van der Waals surface area contributed by atoms with E-state index in [2.05, 4.69) is 20.8 Å². The van der Waals surface area contributed by atoms with Crippen LogP contribution in [0.15, 0.2) is 18.2 Å². The summed E-state index contributed by atoms with van der Waals surface area (Å²) in [4.78, 5) is 0. The first-order valence-electron chi connectivity index (χ1n) is 11.6. The lowest BCUT2D eigenvalue weighted by molar-refractivity contribution is 0.167. The summed E-state index contributed by atoms with van der Waals surface area (Å²) in [6.45, 7) is 6.88. The molecule has 1 aromatic carbocycles. The summed E-state index contributed by atoms with van der Waals surface area (Å²) in [5, 5.41) is 1.52. The molecular formula is C24H38Cl2OSi. The fraction of sp³-hybridized carbons (Fsp3) is 0.750. The van der Waals surface area contributed by atoms with Gasteiger partial charge in [0.25, 0.3) is 0 Å². The molecule has 0 saturated heterocycles. The summed E-state index contributed by atoms with van der Waals surface area (Å²) in [5.41, 5.74) is 1.82. The largest absolute Gasteiger partial charge is 0.410 e. The Labute approximate surface area is 183 Å². The van der Waals surface area contributed by atoms with Crippen molar-refractivity contribution in [3.8, 4) is 0 Å². The highest BCUT2D eigenvalue weighted by Crippen LogP contribution is 2.57. The van der Waals surface area contributed by atoms with E-state index in [1.54, 1.807) is 0 Å². The highest BCUT2D eigenvalue weighted by atomic mass is 35.5. The van der Waals surface area contributed by atoms with Crippen LogP contribution in [0.25, 0.3) is 0 Å². The predicted octanol–water partition coefficient (Wildman–Crippen LogP) is 9.20. The van der Waals surface area contributed by atoms with E-state index >= 15 is 0 Å². The fourth-order valence-corrected chi connectivity index (χ4v) is 8.71. The Balaban J connectivity index is 1.65. The summed E-state index contributed by atoms with van der Waals surface area (Å²) < 4.78 is 6.94. The molecule has 2 aliphatic carbocycles. The van der Waals surface area contributed by atoms with E-state index in [-0.39, 0.29) is 6.10 Å². The van der Waals surface area contributed by atoms with Gasteiger partial charge in [-0.15, -0.1) is 0 Å². The zero-order valence-electron chi connectivity index (χ0n) is 18.0. The Hall–Kier alpha value is -0.0231. The summed E-state index contributed by atoms with van der Waals surface area (Å²) >= 11 is 13.2. The molecule has 2 aliphatic rings. The van der Waals surface area contributed by atoms with Crippen molar-refractivity contribution in [3.05, 3.63) is 33.8 Å². The molecule has 3 rings (SSSR count). The van der Waals surface area contributed by atoms with E-state index in [1.165, 1.54) is 51.4 Å². The molecule has 1 spiro atoms. The third kappa shape index (κ3) is 5.36. The molecule has 0 aromatic heterocycles. The van der Waals surface area contributed by atoms with Gasteiger partial charge in [0.1, 0.15) is 0 Å². The molecule has 2 fully saturated rings. The smallest absolute Gasteiger partial charge is 0.192 e. The molecule has 0 bridgehead atoms. The molecule has 2 saturated carbocycles. The predicted molar refractivity (Wildman–Crippen MR) is 125 cm³/mol. The maximum atomic E-state index is 6.94. The number of halogens is 2. The molecular weight excluding hydrogens is 403 g/mol. The van der Waals surface area contributed by atoms with Gasteiger partial charge in [-0.2, -0.15) is 0 Å². The third-order valence-electron chi connectivity index (χ3n) is 7.85. The van der Waals surface area contributed by atoms with Gasteiger partial charge in [-0.1, -0.05) is 62.9 Å². The standard InChI is InChI=1S/C24H38Cl2OSi/c1-4-28(5-2,6-3)27-22(23-20(25)10-8-11-21(23)26)12-7-9-19-13-15-24(16-14-19)17-18-24/h8,10-11,19,22H,4-7,9,12-18H2,1-3H3. The Kier molecular flexibility index (Phi) is 7.98. The van der Waals surface area contributed by atoms with Crippen LogP contribution in [0.3, 0.4) is 0 Å². The third-order valence-corrected chi connectivity index (χ3v) is 13.2. The van der Waals surface area contributed by atoms with Crippen LogP contribution < -0.4 is 0 Å². The molecule has 1 atom stereocenters. The number of benzene rings is 1. The highest BCUT2D eigenvalue weighted by molar-refractivity contribution is 6.73. The van der Waals surface area contributed by atoms with Crippen molar-refractivity contribution in [1.29, 1.82) is 0 Å². The lowest BCUT2D eigenvalue weighted by Gasteiger charge is -2.35. The van der Waals surface area contributed by atoms with Crippen LogP contribution in [0.5, 0.6) is 0 Å². The molecule has 0 aliphatic heterocycles. The zero-order chi connectivity index (χ0) is 20.2. The lowest BCUT2D eigenvalue weighted by Crippen LogP contribution is -2.37. The van der Waals surface area contributed by atoms with Crippen LogP contribution in [-0.4, -0.2) is 8.32 Å². The summed E-state index contributed by atoms with van der Waals surface area (Å²) in [6, 6.07) is 9.33. The topological polar surface area (TPSA) is 9.23 Å². The Morgan fingerprint density at radius 2 is 1.57 bits per heavy atom. The van der Waals surface area contributed by atoms with E-state index in [0.717, 1.165) is 51.5 Å². The molecule has 1 aromatic rings. The molecule has 158 valence electrons. The molecule has 0 radical (unpaired) electrons. The van der Waals surface area contributed by atoms with Gasteiger partial charge in [0, 0.05) is 15.6 Å². The van der Waals surface area contributed by atoms with Crippen LogP contribution in [-0.2, 0) is 4.43 Å². The first-order valence-corrected chi connectivity index (χ1v) is 14.9. The first-order chi connectivity index (χ1) is 13.5. The van der Waals surface area contributed by atoms with E-state index < -0.39 is 8.32 Å². The van der Waals surface area contributed by atoms with Crippen LogP contribution in [0.4, 0.5) is 0 Å². The number of hydrogen-bond donors (Lipinski definition) is 0. The van der Waals surface area contributed by atoms with Gasteiger partial charge < -0.3 is 4.43 Å². The molecule has 0 N–H and O–H groups in total. The summed E-state index contributed by atoms with van der Waals surface area (Å²) in [5.74, 6) is 0.916. The first kappa shape index (κ1) is 22.7. The lowest BCUT2D eigenvalue weighted by atomic mass is 9.78. The Morgan fingerprint density at radius 3 is 2.07 bits per heavy atom. The Bertz CT molecular complexity index is 601. The van der Waals surface area contributed by atoms with Crippen LogP contribution in [0.2, 0.25) is 28.2 Å². The van der Waals surface area contributed by atoms with Crippen molar-refractivity contribution in [1.82, 2.24) is 0 Å². The van der Waals surface area contributed by atoms with Gasteiger partial charge in [0.15, 0.2) is 8.32 Å². The van der Waals surface area contributed by atoms with E-state index in [4.69, 9.17) is 27.6 Å². The molecule has 0 heterocycles. The van der Waals surface area contributed by atoms with Gasteiger partial charge in [-0.3, -0.25) is 0 Å². The van der Waals surface area contributed by atoms with E-state index in [0.29, 0.717) is 0 Å². The van der Waals surface area contributed by atoms with Crippen LogP contribution >= 0.6 is 23.2 Å². The number of hydrogen-bond acceptors (Lipinski definition) is 1. The monoisotopic (exact) mass is 440 g/mol.